The summed E-state index contributed by atoms with van der Waals surface area (Å²) < 4.78 is 16.4. The molecular weight excluding hydrogens is 651 g/mol. The molecule has 2 saturated heterocycles. The highest BCUT2D eigenvalue weighted by molar-refractivity contribution is 6.35. The van der Waals surface area contributed by atoms with Gasteiger partial charge in [-0.05, 0) is 63.6 Å². The van der Waals surface area contributed by atoms with Crippen LogP contribution in [0.25, 0.3) is 0 Å². The molecule has 5 rings (SSSR count). The van der Waals surface area contributed by atoms with Crippen LogP contribution in [0.4, 0.5) is 4.79 Å². The number of carbonyl (C=O) groups is 5. The maximum absolute atomic E-state index is 14.4. The molecular formula is C33H38Cl2N4O8. The topological polar surface area (TPSA) is 130 Å². The minimum atomic E-state index is -1.69. The van der Waals surface area contributed by atoms with Crippen LogP contribution in [0.1, 0.15) is 50.2 Å². The number of nitrogens with zero attached hydrogens (tertiary/aromatic N) is 4. The number of furan rings is 1. The first-order chi connectivity index (χ1) is 22.2. The highest BCUT2D eigenvalue weighted by atomic mass is 35.5. The van der Waals surface area contributed by atoms with Gasteiger partial charge in [-0.2, -0.15) is 0 Å². The number of carbonyl (C=O) groups excluding carboxylic acids is 5. The van der Waals surface area contributed by atoms with Crippen LogP contribution in [0.3, 0.4) is 0 Å². The summed E-state index contributed by atoms with van der Waals surface area (Å²) in [6, 6.07) is 8.13. The molecule has 2 atom stereocenters. The van der Waals surface area contributed by atoms with Crippen LogP contribution in [0.5, 0.6) is 0 Å². The average molecular weight is 690 g/mol. The molecule has 12 nitrogen and oxygen atoms in total. The zero-order valence-corrected chi connectivity index (χ0v) is 28.3. The third-order valence-electron chi connectivity index (χ3n) is 8.52. The number of halogens is 2. The fourth-order valence-corrected chi connectivity index (χ4v) is 6.75. The first kappa shape index (κ1) is 34.3. The van der Waals surface area contributed by atoms with Crippen LogP contribution in [0.2, 0.25) is 10.0 Å². The number of ether oxygens (including phenoxy) is 2. The average Bonchev–Trinajstić information content (AvgIpc) is 3.64. The predicted molar refractivity (Wildman–Crippen MR) is 171 cm³/mol. The van der Waals surface area contributed by atoms with Gasteiger partial charge in [-0.3, -0.25) is 19.2 Å². The van der Waals surface area contributed by atoms with E-state index in [-0.39, 0.29) is 76.4 Å². The molecule has 0 aliphatic carbocycles. The first-order valence-corrected chi connectivity index (χ1v) is 16.2. The number of likely N-dealkylation sites (tertiary alicyclic amines) is 1. The Kier molecular flexibility index (Phi) is 9.93. The second-order valence-electron chi connectivity index (χ2n) is 12.7. The van der Waals surface area contributed by atoms with Crippen LogP contribution in [0.15, 0.2) is 52.8 Å². The number of benzene rings is 1. The van der Waals surface area contributed by atoms with E-state index in [0.29, 0.717) is 21.3 Å². The fraction of sp³-hybridized carbons (Fsp3) is 0.485. The molecule has 2 aromatic rings. The van der Waals surface area contributed by atoms with Gasteiger partial charge in [-0.25, -0.2) is 4.79 Å². The lowest BCUT2D eigenvalue weighted by molar-refractivity contribution is -0.159. The molecule has 14 heteroatoms. The molecule has 2 unspecified atom stereocenters. The molecule has 0 spiro atoms. The van der Waals surface area contributed by atoms with Gasteiger partial charge in [0.05, 0.1) is 25.3 Å². The van der Waals surface area contributed by atoms with E-state index in [0.717, 1.165) is 0 Å². The standard InChI is InChI=1S/C33H38Cl2N4O8/c1-5-45-30(43)33-20-38(31(44)47-32(2,3)4)11-10-26(33)39(19-21-8-9-22(34)17-24(21)35)28(41)23(33)18-27(40)36-12-14-37(15-13-36)29(42)25-7-6-16-46-25/h6-10,16-17,23H,5,11-15,18-20H2,1-4H3. The van der Waals surface area contributed by atoms with Gasteiger partial charge < -0.3 is 33.5 Å². The van der Waals surface area contributed by atoms with Gasteiger partial charge in [0.15, 0.2) is 5.76 Å². The molecule has 3 aliphatic heterocycles. The van der Waals surface area contributed by atoms with Crippen LogP contribution in [-0.4, -0.2) is 101 Å². The van der Waals surface area contributed by atoms with Crippen molar-refractivity contribution in [2.24, 2.45) is 11.3 Å². The van der Waals surface area contributed by atoms with E-state index in [1.54, 1.807) is 73.9 Å². The molecule has 1 aromatic heterocycles. The molecule has 4 amide bonds. The number of rotatable bonds is 7. The second-order valence-corrected chi connectivity index (χ2v) is 13.6. The summed E-state index contributed by atoms with van der Waals surface area (Å²) in [6.45, 7) is 7.71. The Morgan fingerprint density at radius 1 is 1.02 bits per heavy atom. The summed E-state index contributed by atoms with van der Waals surface area (Å²) in [5.74, 6) is -2.81. The minimum Gasteiger partial charge on any atom is -0.465 e. The molecule has 0 bridgehead atoms. The summed E-state index contributed by atoms with van der Waals surface area (Å²) in [5, 5.41) is 0.756. The fourth-order valence-electron chi connectivity index (χ4n) is 6.28. The third-order valence-corrected chi connectivity index (χ3v) is 9.10. The van der Waals surface area contributed by atoms with Crippen LogP contribution < -0.4 is 0 Å². The normalized spacial score (nSPS) is 21.4. The van der Waals surface area contributed by atoms with Gasteiger partial charge in [0.1, 0.15) is 11.0 Å². The summed E-state index contributed by atoms with van der Waals surface area (Å²) >= 11 is 12.6. The zero-order chi connectivity index (χ0) is 34.1. The summed E-state index contributed by atoms with van der Waals surface area (Å²) in [4.78, 5) is 74.4. The van der Waals surface area contributed by atoms with E-state index in [9.17, 15) is 24.0 Å². The van der Waals surface area contributed by atoms with Gasteiger partial charge >= 0.3 is 12.1 Å². The van der Waals surface area contributed by atoms with E-state index in [1.165, 1.54) is 16.1 Å². The molecule has 0 N–H and O–H groups in total. The van der Waals surface area contributed by atoms with E-state index >= 15 is 0 Å². The van der Waals surface area contributed by atoms with Crippen molar-refractivity contribution in [3.63, 3.8) is 0 Å². The first-order valence-electron chi connectivity index (χ1n) is 15.5. The molecule has 4 heterocycles. The summed E-state index contributed by atoms with van der Waals surface area (Å²) in [6.07, 6.45) is 2.09. The molecule has 47 heavy (non-hydrogen) atoms. The maximum atomic E-state index is 14.4. The van der Waals surface area contributed by atoms with Crippen molar-refractivity contribution in [3.05, 3.63) is 69.7 Å². The predicted octanol–water partition coefficient (Wildman–Crippen LogP) is 4.60. The molecule has 2 fully saturated rings. The van der Waals surface area contributed by atoms with E-state index < -0.39 is 34.9 Å². The maximum Gasteiger partial charge on any atom is 0.410 e. The Bertz CT molecular complexity index is 1580. The van der Waals surface area contributed by atoms with Crippen molar-refractivity contribution in [2.75, 3.05) is 45.9 Å². The van der Waals surface area contributed by atoms with E-state index in [4.69, 9.17) is 37.1 Å². The largest absolute Gasteiger partial charge is 0.465 e. The zero-order valence-electron chi connectivity index (χ0n) is 26.8. The number of hydrogen-bond acceptors (Lipinski definition) is 8. The van der Waals surface area contributed by atoms with Crippen molar-refractivity contribution in [1.82, 2.24) is 19.6 Å². The van der Waals surface area contributed by atoms with Crippen LogP contribution in [0, 0.1) is 11.3 Å². The second kappa shape index (κ2) is 13.6. The van der Waals surface area contributed by atoms with Crippen molar-refractivity contribution >= 4 is 53.0 Å². The van der Waals surface area contributed by atoms with E-state index in [2.05, 4.69) is 0 Å². The Labute approximate surface area is 283 Å². The number of piperazine rings is 1. The molecule has 3 aliphatic rings. The van der Waals surface area contributed by atoms with Crippen molar-refractivity contribution in [2.45, 2.75) is 46.3 Å². The molecule has 0 saturated carbocycles. The molecule has 0 radical (unpaired) electrons. The monoisotopic (exact) mass is 688 g/mol. The number of esters is 1. The smallest absolute Gasteiger partial charge is 0.410 e. The molecule has 1 aromatic carbocycles. The highest BCUT2D eigenvalue weighted by Crippen LogP contribution is 2.51. The Morgan fingerprint density at radius 3 is 2.34 bits per heavy atom. The highest BCUT2D eigenvalue weighted by Gasteiger charge is 2.64. The van der Waals surface area contributed by atoms with Crippen LogP contribution >= 0.6 is 23.2 Å². The minimum absolute atomic E-state index is 0.00647. The number of amides is 4. The summed E-state index contributed by atoms with van der Waals surface area (Å²) in [7, 11) is 0. The Balaban J connectivity index is 1.46. The van der Waals surface area contributed by atoms with Crippen molar-refractivity contribution in [3.8, 4) is 0 Å². The van der Waals surface area contributed by atoms with Gasteiger partial charge in [-0.1, -0.05) is 29.3 Å². The lowest BCUT2D eigenvalue weighted by atomic mass is 9.71. The van der Waals surface area contributed by atoms with Crippen LogP contribution in [-0.2, 0) is 30.4 Å². The third kappa shape index (κ3) is 6.99. The molecule has 252 valence electrons. The van der Waals surface area contributed by atoms with Gasteiger partial charge in [-0.15, -0.1) is 0 Å². The lowest BCUT2D eigenvalue weighted by Gasteiger charge is -2.41. The van der Waals surface area contributed by atoms with Crippen molar-refractivity contribution in [1.29, 1.82) is 0 Å². The van der Waals surface area contributed by atoms with Gasteiger partial charge in [0, 0.05) is 61.4 Å². The van der Waals surface area contributed by atoms with E-state index in [1.807, 2.05) is 0 Å². The Morgan fingerprint density at radius 2 is 1.72 bits per heavy atom. The van der Waals surface area contributed by atoms with Crippen molar-refractivity contribution < 1.29 is 37.9 Å². The lowest BCUT2D eigenvalue weighted by Crippen LogP contribution is -2.55. The Hall–Kier alpha value is -4.03. The SMILES string of the molecule is CCOC(=O)C12CN(C(=O)OC(C)(C)C)CC=C1N(Cc1ccc(Cl)cc1Cl)C(=O)C2CC(=O)N1CCN(C(=O)c2ccco2)CC1. The van der Waals surface area contributed by atoms with Gasteiger partial charge in [0.2, 0.25) is 11.8 Å². The summed E-state index contributed by atoms with van der Waals surface area (Å²) in [5.41, 5.74) is -1.56. The number of hydrogen-bond donors (Lipinski definition) is 0. The number of fused-ring (bicyclic) bond motifs is 1. The quantitative estimate of drug-likeness (QED) is 0.386. The van der Waals surface area contributed by atoms with Gasteiger partial charge in [0.25, 0.3) is 5.91 Å².